The predicted molar refractivity (Wildman–Crippen MR) is 115 cm³/mol. The van der Waals surface area contributed by atoms with Gasteiger partial charge >= 0.3 is 6.18 Å². The molecule has 5 rings (SSSR count). The van der Waals surface area contributed by atoms with Crippen molar-refractivity contribution < 1.29 is 18.0 Å². The van der Waals surface area contributed by atoms with E-state index in [9.17, 15) is 18.0 Å². The lowest BCUT2D eigenvalue weighted by Crippen LogP contribution is -2.34. The second-order valence-corrected chi connectivity index (χ2v) is 7.75. The van der Waals surface area contributed by atoms with Gasteiger partial charge < -0.3 is 15.2 Å². The van der Waals surface area contributed by atoms with Crippen LogP contribution in [0.5, 0.6) is 0 Å². The minimum atomic E-state index is -4.35. The van der Waals surface area contributed by atoms with Crippen molar-refractivity contribution in [3.63, 3.8) is 0 Å². The first-order valence-corrected chi connectivity index (χ1v) is 10.4. The topological polar surface area (TPSA) is 91.7 Å². The Morgan fingerprint density at radius 1 is 1.15 bits per heavy atom. The summed E-state index contributed by atoms with van der Waals surface area (Å²) in [7, 11) is 0. The third kappa shape index (κ3) is 4.13. The van der Waals surface area contributed by atoms with E-state index in [-0.39, 0.29) is 5.69 Å². The number of nitrogens with one attached hydrogen (secondary N) is 2. The Bertz CT molecular complexity index is 1300. The number of nitrogens with zero attached hydrogens (tertiary/aromatic N) is 5. The lowest BCUT2D eigenvalue weighted by atomic mass is 10.0. The summed E-state index contributed by atoms with van der Waals surface area (Å²) in [5.41, 5.74) is 3.15. The van der Waals surface area contributed by atoms with E-state index in [0.29, 0.717) is 30.7 Å². The number of H-pyrrole nitrogens is 1. The molecule has 1 amide bonds. The molecule has 1 aromatic carbocycles. The van der Waals surface area contributed by atoms with E-state index in [2.05, 4.69) is 25.4 Å². The first-order chi connectivity index (χ1) is 15.9. The highest BCUT2D eigenvalue weighted by atomic mass is 19.4. The molecule has 4 heterocycles. The number of hydrogen-bond donors (Lipinski definition) is 2. The largest absolute Gasteiger partial charge is 0.390 e. The van der Waals surface area contributed by atoms with Gasteiger partial charge in [-0.05, 0) is 18.2 Å². The summed E-state index contributed by atoms with van der Waals surface area (Å²) in [6, 6.07) is 11.2. The number of rotatable bonds is 5. The fraction of sp³-hybridized carbons (Fsp3) is 0.273. The molecule has 3 aromatic heterocycles. The monoisotopic (exact) mass is 455 g/mol. The highest BCUT2D eigenvalue weighted by Crippen LogP contribution is 2.31. The van der Waals surface area contributed by atoms with Crippen molar-refractivity contribution in [2.45, 2.75) is 25.6 Å². The smallest absolute Gasteiger partial charge is 0.351 e. The first kappa shape index (κ1) is 21.0. The zero-order valence-electron chi connectivity index (χ0n) is 17.4. The summed E-state index contributed by atoms with van der Waals surface area (Å²) in [6.07, 6.45) is -1.60. The van der Waals surface area contributed by atoms with E-state index < -0.39 is 25.0 Å². The molecule has 0 fully saturated rings. The summed E-state index contributed by atoms with van der Waals surface area (Å²) in [5.74, 6) is 0.101. The molecule has 33 heavy (non-hydrogen) atoms. The van der Waals surface area contributed by atoms with Gasteiger partial charge in [0.25, 0.3) is 5.91 Å². The van der Waals surface area contributed by atoms with Crippen LogP contribution in [0.3, 0.4) is 0 Å². The van der Waals surface area contributed by atoms with E-state index in [1.807, 2.05) is 41.3 Å². The molecule has 11 heteroatoms. The van der Waals surface area contributed by atoms with E-state index in [1.54, 1.807) is 10.9 Å². The van der Waals surface area contributed by atoms with Crippen molar-refractivity contribution >= 4 is 22.8 Å². The number of halogens is 3. The zero-order chi connectivity index (χ0) is 23.0. The van der Waals surface area contributed by atoms with E-state index >= 15 is 0 Å². The third-order valence-corrected chi connectivity index (χ3v) is 5.60. The highest BCUT2D eigenvalue weighted by Gasteiger charge is 2.31. The molecular weight excluding hydrogens is 435 g/mol. The van der Waals surface area contributed by atoms with Crippen molar-refractivity contribution in [2.24, 2.45) is 0 Å². The Labute approximate surface area is 186 Å². The predicted octanol–water partition coefficient (Wildman–Crippen LogP) is 3.39. The lowest BCUT2D eigenvalue weighted by molar-refractivity contribution is -0.133. The van der Waals surface area contributed by atoms with Gasteiger partial charge in [-0.3, -0.25) is 4.79 Å². The Kier molecular flexibility index (Phi) is 5.23. The minimum absolute atomic E-state index is 0.125. The number of benzene rings is 1. The molecule has 0 saturated heterocycles. The quantitative estimate of drug-likeness (QED) is 0.481. The van der Waals surface area contributed by atoms with Crippen molar-refractivity contribution in [1.82, 2.24) is 30.0 Å². The summed E-state index contributed by atoms with van der Waals surface area (Å²) < 4.78 is 39.4. The van der Waals surface area contributed by atoms with Gasteiger partial charge in [-0.15, -0.1) is 0 Å². The number of aromatic nitrogens is 5. The van der Waals surface area contributed by atoms with Crippen LogP contribution in [0.1, 0.15) is 28.2 Å². The average molecular weight is 455 g/mol. The molecule has 0 spiro atoms. The average Bonchev–Trinajstić information content (AvgIpc) is 3.43. The van der Waals surface area contributed by atoms with Gasteiger partial charge in [0.05, 0.1) is 23.2 Å². The van der Waals surface area contributed by atoms with Crippen molar-refractivity contribution in [3.8, 4) is 5.69 Å². The summed E-state index contributed by atoms with van der Waals surface area (Å²) in [5, 5.41) is 7.74. The molecule has 0 unspecified atom stereocenters. The Balaban J connectivity index is 1.50. The van der Waals surface area contributed by atoms with E-state index in [1.165, 1.54) is 6.33 Å². The van der Waals surface area contributed by atoms with Crippen LogP contribution in [-0.4, -0.2) is 49.9 Å². The fourth-order valence-corrected chi connectivity index (χ4v) is 4.08. The van der Waals surface area contributed by atoms with Crippen molar-refractivity contribution in [1.29, 1.82) is 0 Å². The number of anilines is 1. The van der Waals surface area contributed by atoms with Crippen LogP contribution in [0.2, 0.25) is 0 Å². The number of fused-ring (bicyclic) bond motifs is 2. The number of aromatic amines is 1. The molecule has 4 aromatic rings. The Morgan fingerprint density at radius 2 is 1.97 bits per heavy atom. The van der Waals surface area contributed by atoms with Crippen LogP contribution >= 0.6 is 0 Å². The van der Waals surface area contributed by atoms with E-state index in [0.717, 1.165) is 22.6 Å². The normalized spacial score (nSPS) is 13.8. The molecule has 2 N–H and O–H groups in total. The maximum atomic E-state index is 12.9. The van der Waals surface area contributed by atoms with Gasteiger partial charge in [0, 0.05) is 37.8 Å². The SMILES string of the molecule is O=C(NCCC(F)(F)F)c1nn(-c2ccccc2)c2c1CN(c1ncnc3[nH]ccc13)CC2. The molecule has 1 aliphatic heterocycles. The molecule has 8 nitrogen and oxygen atoms in total. The maximum Gasteiger partial charge on any atom is 0.390 e. The molecule has 0 atom stereocenters. The standard InChI is InChI=1S/C22H20F3N7O/c23-22(24,25)8-10-27-21(33)18-16-12-31(20-15-6-9-26-19(15)28-13-29-20)11-7-17(16)32(30-18)14-4-2-1-3-5-14/h1-6,9,13H,7-8,10-12H2,(H,27,33)(H,26,28,29). The second kappa shape index (κ2) is 8.23. The number of alkyl halides is 3. The summed E-state index contributed by atoms with van der Waals surface area (Å²) >= 11 is 0. The van der Waals surface area contributed by atoms with Crippen molar-refractivity contribution in [2.75, 3.05) is 18.0 Å². The minimum Gasteiger partial charge on any atom is -0.351 e. The fourth-order valence-electron chi connectivity index (χ4n) is 4.08. The molecule has 0 bridgehead atoms. The van der Waals surface area contributed by atoms with Crippen molar-refractivity contribution in [3.05, 3.63) is 65.9 Å². The number of hydrogen-bond acceptors (Lipinski definition) is 5. The number of carbonyl (C=O) groups is 1. The molecule has 0 aliphatic carbocycles. The van der Waals surface area contributed by atoms with Crippen LogP contribution in [0.15, 0.2) is 48.9 Å². The molecule has 0 saturated carbocycles. The summed E-state index contributed by atoms with van der Waals surface area (Å²) in [6.45, 7) is 0.480. The van der Waals surface area contributed by atoms with Gasteiger partial charge in [-0.2, -0.15) is 18.3 Å². The number of amides is 1. The molecule has 170 valence electrons. The Hall–Kier alpha value is -3.89. The molecule has 0 radical (unpaired) electrons. The highest BCUT2D eigenvalue weighted by molar-refractivity contribution is 5.94. The Morgan fingerprint density at radius 3 is 2.76 bits per heavy atom. The van der Waals surface area contributed by atoms with Crippen LogP contribution in [0, 0.1) is 0 Å². The first-order valence-electron chi connectivity index (χ1n) is 10.4. The third-order valence-electron chi connectivity index (χ3n) is 5.60. The van der Waals surface area contributed by atoms with Crippen LogP contribution in [-0.2, 0) is 13.0 Å². The van der Waals surface area contributed by atoms with Gasteiger partial charge in [-0.25, -0.2) is 14.6 Å². The van der Waals surface area contributed by atoms with E-state index in [4.69, 9.17) is 0 Å². The van der Waals surface area contributed by atoms with Gasteiger partial charge in [0.15, 0.2) is 5.69 Å². The maximum absolute atomic E-state index is 12.9. The second-order valence-electron chi connectivity index (χ2n) is 7.75. The van der Waals surface area contributed by atoms with Crippen LogP contribution in [0.25, 0.3) is 16.7 Å². The number of carbonyl (C=O) groups excluding carboxylic acids is 1. The lowest BCUT2D eigenvalue weighted by Gasteiger charge is -2.29. The van der Waals surface area contributed by atoms with Crippen LogP contribution in [0.4, 0.5) is 19.0 Å². The zero-order valence-corrected chi connectivity index (χ0v) is 17.4. The van der Waals surface area contributed by atoms with Crippen LogP contribution < -0.4 is 10.2 Å². The van der Waals surface area contributed by atoms with Gasteiger partial charge in [0.2, 0.25) is 0 Å². The van der Waals surface area contributed by atoms with Gasteiger partial charge in [-0.1, -0.05) is 18.2 Å². The van der Waals surface area contributed by atoms with Gasteiger partial charge in [0.1, 0.15) is 17.8 Å². The molecule has 1 aliphatic rings. The molecular formula is C22H20F3N7O. The summed E-state index contributed by atoms with van der Waals surface area (Å²) in [4.78, 5) is 26.6. The number of para-hydroxylation sites is 1.